The van der Waals surface area contributed by atoms with E-state index in [-0.39, 0.29) is 18.0 Å². The number of carbonyl (C=O) groups is 2. The summed E-state index contributed by atoms with van der Waals surface area (Å²) in [4.78, 5) is 23.9. The molecule has 0 aliphatic heterocycles. The van der Waals surface area contributed by atoms with E-state index in [0.717, 1.165) is 0 Å². The van der Waals surface area contributed by atoms with Gasteiger partial charge in [-0.05, 0) is 22.9 Å². The van der Waals surface area contributed by atoms with Crippen molar-refractivity contribution in [1.82, 2.24) is 0 Å². The summed E-state index contributed by atoms with van der Waals surface area (Å²) < 4.78 is 0. The van der Waals surface area contributed by atoms with Gasteiger partial charge in [0.05, 0.1) is 11.3 Å². The molecule has 0 saturated carbocycles. The first-order valence-corrected chi connectivity index (χ1v) is 6.22. The average molecular weight is 236 g/mol. The van der Waals surface area contributed by atoms with Gasteiger partial charge in [-0.3, -0.25) is 9.59 Å². The maximum absolute atomic E-state index is 11.6. The Bertz CT molecular complexity index is 411. The van der Waals surface area contributed by atoms with Crippen molar-refractivity contribution in [2.45, 2.75) is 6.42 Å². The molecule has 2 aromatic rings. The zero-order valence-electron chi connectivity index (χ0n) is 7.80. The van der Waals surface area contributed by atoms with Crippen molar-refractivity contribution >= 4 is 34.2 Å². The standard InChI is InChI=1S/C11H8O2S2/c12-9(8-3-5-14-7-8)6-10(13)11-2-1-4-15-11/h1-5,7H,6H2. The average Bonchev–Trinajstić information content (AvgIpc) is 2.91. The number of ketones is 2. The highest BCUT2D eigenvalue weighted by atomic mass is 32.1. The van der Waals surface area contributed by atoms with Gasteiger partial charge in [0, 0.05) is 10.9 Å². The molecule has 0 saturated heterocycles. The first kappa shape index (κ1) is 10.3. The fourth-order valence-electron chi connectivity index (χ4n) is 1.20. The van der Waals surface area contributed by atoms with E-state index in [9.17, 15) is 9.59 Å². The molecule has 0 N–H and O–H groups in total. The van der Waals surface area contributed by atoms with Gasteiger partial charge in [0.15, 0.2) is 11.6 Å². The smallest absolute Gasteiger partial charge is 0.180 e. The summed E-state index contributed by atoms with van der Waals surface area (Å²) >= 11 is 2.83. The number of hydrogen-bond acceptors (Lipinski definition) is 4. The van der Waals surface area contributed by atoms with E-state index in [1.165, 1.54) is 22.7 Å². The molecule has 0 spiro atoms. The van der Waals surface area contributed by atoms with E-state index in [0.29, 0.717) is 10.4 Å². The molecule has 2 rings (SSSR count). The van der Waals surface area contributed by atoms with Crippen LogP contribution in [-0.4, -0.2) is 11.6 Å². The third-order valence-electron chi connectivity index (χ3n) is 1.96. The van der Waals surface area contributed by atoms with Gasteiger partial charge in [-0.1, -0.05) is 6.07 Å². The number of Topliss-reactive ketones (excluding diaryl/α,β-unsaturated/α-hetero) is 2. The number of carbonyl (C=O) groups excluding carboxylic acids is 2. The van der Waals surface area contributed by atoms with Gasteiger partial charge < -0.3 is 0 Å². The molecule has 0 aromatic carbocycles. The van der Waals surface area contributed by atoms with E-state index >= 15 is 0 Å². The highest BCUT2D eigenvalue weighted by molar-refractivity contribution is 7.12. The van der Waals surface area contributed by atoms with Gasteiger partial charge in [0.1, 0.15) is 0 Å². The highest BCUT2D eigenvalue weighted by Gasteiger charge is 2.14. The summed E-state index contributed by atoms with van der Waals surface area (Å²) in [6.45, 7) is 0. The Morgan fingerprint density at radius 1 is 1.13 bits per heavy atom. The lowest BCUT2D eigenvalue weighted by Gasteiger charge is -1.95. The van der Waals surface area contributed by atoms with Crippen LogP contribution in [0.2, 0.25) is 0 Å². The van der Waals surface area contributed by atoms with E-state index < -0.39 is 0 Å². The molecule has 2 nitrogen and oxygen atoms in total. The van der Waals surface area contributed by atoms with Gasteiger partial charge >= 0.3 is 0 Å². The summed E-state index contributed by atoms with van der Waals surface area (Å²) in [5.74, 6) is -0.198. The molecule has 0 aliphatic carbocycles. The lowest BCUT2D eigenvalue weighted by molar-refractivity contribution is 0.0897. The Kier molecular flexibility index (Phi) is 3.08. The van der Waals surface area contributed by atoms with Crippen LogP contribution in [-0.2, 0) is 0 Å². The molecular formula is C11H8O2S2. The minimum absolute atomic E-state index is 0.0305. The topological polar surface area (TPSA) is 34.1 Å². The van der Waals surface area contributed by atoms with Gasteiger partial charge in [-0.15, -0.1) is 11.3 Å². The number of hydrogen-bond donors (Lipinski definition) is 0. The molecule has 15 heavy (non-hydrogen) atoms. The third-order valence-corrected chi connectivity index (χ3v) is 3.55. The van der Waals surface area contributed by atoms with Crippen molar-refractivity contribution in [3.8, 4) is 0 Å². The fourth-order valence-corrected chi connectivity index (χ4v) is 2.52. The second-order valence-electron chi connectivity index (χ2n) is 3.01. The zero-order chi connectivity index (χ0) is 10.7. The van der Waals surface area contributed by atoms with Crippen molar-refractivity contribution in [2.24, 2.45) is 0 Å². The van der Waals surface area contributed by atoms with Crippen LogP contribution in [0.1, 0.15) is 26.5 Å². The van der Waals surface area contributed by atoms with Crippen LogP contribution in [0.3, 0.4) is 0 Å². The molecule has 2 heterocycles. The second kappa shape index (κ2) is 4.51. The summed E-state index contributed by atoms with van der Waals surface area (Å²) in [6, 6.07) is 5.30. The maximum Gasteiger partial charge on any atom is 0.180 e. The van der Waals surface area contributed by atoms with Crippen LogP contribution >= 0.6 is 22.7 Å². The Morgan fingerprint density at radius 3 is 2.60 bits per heavy atom. The van der Waals surface area contributed by atoms with Crippen molar-refractivity contribution in [1.29, 1.82) is 0 Å². The lowest BCUT2D eigenvalue weighted by Crippen LogP contribution is -2.06. The molecule has 0 aliphatic rings. The van der Waals surface area contributed by atoms with Crippen LogP contribution in [0.25, 0.3) is 0 Å². The molecule has 0 amide bonds. The Balaban J connectivity index is 2.04. The van der Waals surface area contributed by atoms with Crippen molar-refractivity contribution < 1.29 is 9.59 Å². The summed E-state index contributed by atoms with van der Waals surface area (Å²) in [7, 11) is 0. The van der Waals surface area contributed by atoms with Crippen LogP contribution in [0, 0.1) is 0 Å². The third kappa shape index (κ3) is 2.40. The Hall–Kier alpha value is -1.26. The van der Waals surface area contributed by atoms with Crippen LogP contribution in [0.15, 0.2) is 34.3 Å². The molecule has 0 radical (unpaired) electrons. The Morgan fingerprint density at radius 2 is 2.00 bits per heavy atom. The number of thiophene rings is 2. The predicted molar refractivity (Wildman–Crippen MR) is 61.9 cm³/mol. The highest BCUT2D eigenvalue weighted by Crippen LogP contribution is 2.14. The molecular weight excluding hydrogens is 228 g/mol. The first-order valence-electron chi connectivity index (χ1n) is 4.39. The normalized spacial score (nSPS) is 10.1. The SMILES string of the molecule is O=C(CC(=O)c1cccs1)c1ccsc1. The summed E-state index contributed by atoms with van der Waals surface area (Å²) in [5, 5.41) is 5.44. The molecule has 0 unspecified atom stereocenters. The van der Waals surface area contributed by atoms with Crippen molar-refractivity contribution in [3.05, 3.63) is 44.8 Å². The van der Waals surface area contributed by atoms with E-state index in [1.54, 1.807) is 17.5 Å². The molecule has 0 fully saturated rings. The summed E-state index contributed by atoms with van der Waals surface area (Å²) in [5.41, 5.74) is 0.630. The monoisotopic (exact) mass is 236 g/mol. The van der Waals surface area contributed by atoms with Gasteiger partial charge in [0.2, 0.25) is 0 Å². The van der Waals surface area contributed by atoms with Crippen molar-refractivity contribution in [3.63, 3.8) is 0 Å². The molecule has 0 bridgehead atoms. The lowest BCUT2D eigenvalue weighted by atomic mass is 10.1. The van der Waals surface area contributed by atoms with E-state index in [2.05, 4.69) is 0 Å². The van der Waals surface area contributed by atoms with E-state index in [4.69, 9.17) is 0 Å². The largest absolute Gasteiger partial charge is 0.294 e. The molecule has 4 heteroatoms. The predicted octanol–water partition coefficient (Wildman–Crippen LogP) is 3.27. The van der Waals surface area contributed by atoms with E-state index in [1.807, 2.05) is 16.8 Å². The number of rotatable bonds is 4. The molecule has 2 aromatic heterocycles. The summed E-state index contributed by atoms with van der Waals surface area (Å²) in [6.07, 6.45) is -0.0305. The van der Waals surface area contributed by atoms with Crippen LogP contribution in [0.5, 0.6) is 0 Å². The quantitative estimate of drug-likeness (QED) is 0.603. The van der Waals surface area contributed by atoms with Crippen LogP contribution in [0.4, 0.5) is 0 Å². The first-order chi connectivity index (χ1) is 7.27. The molecule has 76 valence electrons. The molecule has 0 atom stereocenters. The van der Waals surface area contributed by atoms with Gasteiger partial charge in [0.25, 0.3) is 0 Å². The van der Waals surface area contributed by atoms with Crippen molar-refractivity contribution in [2.75, 3.05) is 0 Å². The Labute approximate surface area is 95.2 Å². The minimum atomic E-state index is -0.102. The zero-order valence-corrected chi connectivity index (χ0v) is 9.44. The van der Waals surface area contributed by atoms with Gasteiger partial charge in [-0.25, -0.2) is 0 Å². The second-order valence-corrected chi connectivity index (χ2v) is 4.74. The van der Waals surface area contributed by atoms with Gasteiger partial charge in [-0.2, -0.15) is 11.3 Å². The minimum Gasteiger partial charge on any atom is -0.294 e. The fraction of sp³-hybridized carbons (Fsp3) is 0.0909. The van der Waals surface area contributed by atoms with Crippen LogP contribution < -0.4 is 0 Å². The maximum atomic E-state index is 11.6.